The summed E-state index contributed by atoms with van der Waals surface area (Å²) in [4.78, 5) is 12.9. The van der Waals surface area contributed by atoms with Crippen LogP contribution in [0.4, 0.5) is 18.9 Å². The molecule has 1 atom stereocenters. The number of hydrogen-bond donors (Lipinski definition) is 0. The van der Waals surface area contributed by atoms with Gasteiger partial charge >= 0.3 is 6.18 Å². The molecule has 1 aromatic rings. The lowest BCUT2D eigenvalue weighted by Gasteiger charge is -2.25. The molecule has 1 fully saturated rings. The minimum absolute atomic E-state index is 0.00895. The van der Waals surface area contributed by atoms with Crippen LogP contribution in [0.25, 0.3) is 0 Å². The first-order valence-corrected chi connectivity index (χ1v) is 6.49. The average Bonchev–Trinajstić information content (AvgIpc) is 2.89. The largest absolute Gasteiger partial charge is 0.406 e. The summed E-state index contributed by atoms with van der Waals surface area (Å²) in [6.07, 6.45) is -3.13. The summed E-state index contributed by atoms with van der Waals surface area (Å²) in [6.45, 7) is -0.703. The van der Waals surface area contributed by atoms with Crippen molar-refractivity contribution in [3.63, 3.8) is 0 Å². The van der Waals surface area contributed by atoms with E-state index in [0.717, 1.165) is 17.7 Å². The summed E-state index contributed by atoms with van der Waals surface area (Å²) < 4.78 is 43.2. The van der Waals surface area contributed by atoms with Gasteiger partial charge in [0.25, 0.3) is 0 Å². The first-order chi connectivity index (χ1) is 9.46. The number of para-hydroxylation sites is 1. The molecule has 3 nitrogen and oxygen atoms in total. The van der Waals surface area contributed by atoms with Gasteiger partial charge in [0, 0.05) is 12.3 Å². The van der Waals surface area contributed by atoms with E-state index in [-0.39, 0.29) is 18.2 Å². The highest BCUT2D eigenvalue weighted by Crippen LogP contribution is 2.24. The van der Waals surface area contributed by atoms with E-state index < -0.39 is 18.6 Å². The highest BCUT2D eigenvalue weighted by atomic mass is 19.4. The molecule has 1 aromatic carbocycles. The molecule has 0 unspecified atom stereocenters. The van der Waals surface area contributed by atoms with Crippen LogP contribution in [-0.4, -0.2) is 31.3 Å². The van der Waals surface area contributed by atoms with Gasteiger partial charge in [-0.1, -0.05) is 18.2 Å². The van der Waals surface area contributed by atoms with Crippen LogP contribution in [0.2, 0.25) is 0 Å². The second-order valence-corrected chi connectivity index (χ2v) is 4.77. The van der Waals surface area contributed by atoms with Crippen molar-refractivity contribution in [2.24, 2.45) is 0 Å². The van der Waals surface area contributed by atoms with Gasteiger partial charge in [-0.15, -0.1) is 0 Å². The lowest BCUT2D eigenvalue weighted by molar-refractivity contribution is -0.133. The zero-order valence-corrected chi connectivity index (χ0v) is 10.9. The van der Waals surface area contributed by atoms with Crippen molar-refractivity contribution in [3.05, 3.63) is 30.3 Å². The van der Waals surface area contributed by atoms with E-state index in [2.05, 4.69) is 0 Å². The van der Waals surface area contributed by atoms with Crippen LogP contribution in [-0.2, 0) is 9.53 Å². The molecule has 0 aliphatic carbocycles. The fourth-order valence-electron chi connectivity index (χ4n) is 2.22. The Balaban J connectivity index is 2.11. The summed E-state index contributed by atoms with van der Waals surface area (Å²) in [7, 11) is 0. The van der Waals surface area contributed by atoms with Gasteiger partial charge in [0.05, 0.1) is 12.5 Å². The maximum Gasteiger partial charge on any atom is 0.406 e. The van der Waals surface area contributed by atoms with Gasteiger partial charge in [0.15, 0.2) is 0 Å². The second-order valence-electron chi connectivity index (χ2n) is 4.77. The standard InChI is InChI=1S/C14H16F3NO2/c15-14(16,17)10-18(11-5-2-1-3-6-11)13(19)9-12-7-4-8-20-12/h1-3,5-6,12H,4,7-10H2/t12-/m1/s1. The summed E-state index contributed by atoms with van der Waals surface area (Å²) in [5.41, 5.74) is 0.257. The number of carbonyl (C=O) groups is 1. The topological polar surface area (TPSA) is 29.5 Å². The van der Waals surface area contributed by atoms with Crippen molar-refractivity contribution < 1.29 is 22.7 Å². The molecule has 110 valence electrons. The molecule has 6 heteroatoms. The minimum Gasteiger partial charge on any atom is -0.378 e. The Morgan fingerprint density at radius 1 is 1.30 bits per heavy atom. The van der Waals surface area contributed by atoms with E-state index in [1.165, 1.54) is 12.1 Å². The normalized spacial score (nSPS) is 19.1. The number of hydrogen-bond acceptors (Lipinski definition) is 2. The van der Waals surface area contributed by atoms with Crippen LogP contribution in [0.5, 0.6) is 0 Å². The third-order valence-electron chi connectivity index (χ3n) is 3.13. The van der Waals surface area contributed by atoms with Gasteiger partial charge < -0.3 is 9.64 Å². The van der Waals surface area contributed by atoms with Crippen molar-refractivity contribution in [2.75, 3.05) is 18.1 Å². The third-order valence-corrected chi connectivity index (χ3v) is 3.13. The van der Waals surface area contributed by atoms with Crippen molar-refractivity contribution in [1.82, 2.24) is 0 Å². The summed E-state index contributed by atoms with van der Waals surface area (Å²) in [6, 6.07) is 7.91. The van der Waals surface area contributed by atoms with Crippen LogP contribution in [0, 0.1) is 0 Å². The van der Waals surface area contributed by atoms with Gasteiger partial charge in [0.1, 0.15) is 6.54 Å². The smallest absolute Gasteiger partial charge is 0.378 e. The number of rotatable bonds is 4. The van der Waals surface area contributed by atoms with Crippen LogP contribution in [0.15, 0.2) is 30.3 Å². The average molecular weight is 287 g/mol. The van der Waals surface area contributed by atoms with Crippen LogP contribution >= 0.6 is 0 Å². The predicted octanol–water partition coefficient (Wildman–Crippen LogP) is 3.15. The van der Waals surface area contributed by atoms with E-state index in [4.69, 9.17) is 4.74 Å². The molecule has 1 aliphatic heterocycles. The number of carbonyl (C=O) groups excluding carboxylic acids is 1. The molecular weight excluding hydrogens is 271 g/mol. The Bertz CT molecular complexity index is 441. The lowest BCUT2D eigenvalue weighted by atomic mass is 10.1. The first-order valence-electron chi connectivity index (χ1n) is 6.49. The van der Waals surface area contributed by atoms with Gasteiger partial charge in [-0.3, -0.25) is 4.79 Å². The quantitative estimate of drug-likeness (QED) is 0.851. The number of alkyl halides is 3. The van der Waals surface area contributed by atoms with Crippen molar-refractivity contribution in [2.45, 2.75) is 31.5 Å². The molecule has 1 heterocycles. The van der Waals surface area contributed by atoms with Gasteiger partial charge in [-0.25, -0.2) is 0 Å². The molecule has 1 saturated heterocycles. The molecule has 1 amide bonds. The van der Waals surface area contributed by atoms with Crippen LogP contribution in [0.1, 0.15) is 19.3 Å². The van der Waals surface area contributed by atoms with Crippen LogP contribution in [0.3, 0.4) is 0 Å². The van der Waals surface area contributed by atoms with Gasteiger partial charge in [-0.05, 0) is 25.0 Å². The lowest BCUT2D eigenvalue weighted by Crippen LogP contribution is -2.40. The molecule has 0 bridgehead atoms. The number of ether oxygens (including phenoxy) is 1. The number of amides is 1. The molecule has 1 aliphatic rings. The Kier molecular flexibility index (Phi) is 4.65. The third kappa shape index (κ3) is 4.23. The maximum absolute atomic E-state index is 12.6. The van der Waals surface area contributed by atoms with E-state index in [0.29, 0.717) is 6.61 Å². The Hall–Kier alpha value is -1.56. The number of anilines is 1. The maximum atomic E-state index is 12.6. The molecule has 0 aromatic heterocycles. The summed E-state index contributed by atoms with van der Waals surface area (Å²) in [5.74, 6) is -0.555. The fourth-order valence-corrected chi connectivity index (χ4v) is 2.22. The Morgan fingerprint density at radius 2 is 2.00 bits per heavy atom. The molecule has 0 saturated carbocycles. The summed E-state index contributed by atoms with van der Waals surface area (Å²) >= 11 is 0. The van der Waals surface area contributed by atoms with Crippen LogP contribution < -0.4 is 4.90 Å². The fraction of sp³-hybridized carbons (Fsp3) is 0.500. The van der Waals surface area contributed by atoms with Crippen molar-refractivity contribution >= 4 is 11.6 Å². The Labute approximate surface area is 115 Å². The number of nitrogens with zero attached hydrogens (tertiary/aromatic N) is 1. The second kappa shape index (κ2) is 6.26. The minimum atomic E-state index is -4.43. The van der Waals surface area contributed by atoms with E-state index in [1.807, 2.05) is 0 Å². The highest BCUT2D eigenvalue weighted by Gasteiger charge is 2.34. The first kappa shape index (κ1) is 14.8. The molecule has 0 N–H and O–H groups in total. The van der Waals surface area contributed by atoms with Crippen molar-refractivity contribution in [3.8, 4) is 0 Å². The number of halogens is 3. The zero-order chi connectivity index (χ0) is 14.6. The molecule has 0 spiro atoms. The SMILES string of the molecule is O=C(C[C@H]1CCCO1)N(CC(F)(F)F)c1ccccc1. The van der Waals surface area contributed by atoms with Crippen molar-refractivity contribution in [1.29, 1.82) is 0 Å². The zero-order valence-electron chi connectivity index (χ0n) is 10.9. The Morgan fingerprint density at radius 3 is 2.55 bits per heavy atom. The predicted molar refractivity (Wildman–Crippen MR) is 68.4 cm³/mol. The number of benzene rings is 1. The highest BCUT2D eigenvalue weighted by molar-refractivity contribution is 5.93. The van der Waals surface area contributed by atoms with E-state index in [9.17, 15) is 18.0 Å². The van der Waals surface area contributed by atoms with E-state index >= 15 is 0 Å². The molecule has 20 heavy (non-hydrogen) atoms. The van der Waals surface area contributed by atoms with Gasteiger partial charge in [-0.2, -0.15) is 13.2 Å². The summed E-state index contributed by atoms with van der Waals surface area (Å²) in [5, 5.41) is 0. The molecule has 2 rings (SSSR count). The van der Waals surface area contributed by atoms with Gasteiger partial charge in [0.2, 0.25) is 5.91 Å². The molecule has 0 radical (unpaired) electrons. The van der Waals surface area contributed by atoms with E-state index in [1.54, 1.807) is 18.2 Å². The monoisotopic (exact) mass is 287 g/mol. The molecular formula is C14H16F3NO2.